The minimum Gasteiger partial charge on any atom is -0.326 e. The number of rotatable bonds is 8. The van der Waals surface area contributed by atoms with Crippen LogP contribution in [-0.2, 0) is 10.5 Å². The van der Waals surface area contributed by atoms with Crippen molar-refractivity contribution in [3.05, 3.63) is 76.7 Å². The highest BCUT2D eigenvalue weighted by molar-refractivity contribution is 7.98. The largest absolute Gasteiger partial charge is 0.326 e. The number of anilines is 1. The molecule has 0 radical (unpaired) electrons. The molecule has 0 aliphatic heterocycles. The van der Waals surface area contributed by atoms with Gasteiger partial charge in [-0.05, 0) is 47.3 Å². The lowest BCUT2D eigenvalue weighted by Gasteiger charge is -2.06. The Bertz CT molecular complexity index is 847. The number of carbonyl (C=O) groups is 2. The summed E-state index contributed by atoms with van der Waals surface area (Å²) in [6.45, 7) is 0. The number of amides is 1. The molecule has 1 amide bonds. The van der Waals surface area contributed by atoms with Crippen LogP contribution < -0.4 is 5.32 Å². The van der Waals surface area contributed by atoms with E-state index in [-0.39, 0.29) is 24.5 Å². The summed E-state index contributed by atoms with van der Waals surface area (Å²) in [7, 11) is 0. The Morgan fingerprint density at radius 3 is 2.58 bits per heavy atom. The number of nitrogens with one attached hydrogen (secondary N) is 1. The monoisotopic (exact) mass is 382 g/mol. The smallest absolute Gasteiger partial charge is 0.224 e. The molecular weight excluding hydrogens is 364 g/mol. The van der Waals surface area contributed by atoms with Crippen molar-refractivity contribution in [3.63, 3.8) is 0 Å². The Labute approximate surface area is 160 Å². The first-order chi connectivity index (χ1) is 12.7. The number of Topliss-reactive ketones (excluding diaryl/α,β-unsaturated/α-hetero) is 1. The van der Waals surface area contributed by atoms with Gasteiger partial charge < -0.3 is 5.32 Å². The molecule has 2 aromatic heterocycles. The number of thiophene rings is 1. The molecule has 0 bridgehead atoms. The summed E-state index contributed by atoms with van der Waals surface area (Å²) < 4.78 is 0. The van der Waals surface area contributed by atoms with E-state index in [1.165, 1.54) is 16.9 Å². The molecule has 0 unspecified atom stereocenters. The van der Waals surface area contributed by atoms with E-state index in [4.69, 9.17) is 0 Å². The SMILES string of the molecule is O=C(CCC(=O)c1cccs1)Nc1ccc(SCc2cccnc2)cc1. The third-order valence-electron chi connectivity index (χ3n) is 3.64. The molecule has 3 rings (SSSR count). The Hall–Kier alpha value is -2.44. The summed E-state index contributed by atoms with van der Waals surface area (Å²) in [5.41, 5.74) is 1.91. The minimum atomic E-state index is -0.148. The fourth-order valence-electron chi connectivity index (χ4n) is 2.30. The number of thioether (sulfide) groups is 1. The maximum Gasteiger partial charge on any atom is 0.224 e. The standard InChI is InChI=1S/C20H18N2O2S2/c23-18(19-4-2-12-25-19)9-10-20(24)22-16-5-7-17(8-6-16)26-14-15-3-1-11-21-13-15/h1-8,11-13H,9-10,14H2,(H,22,24). The second-order valence-electron chi connectivity index (χ2n) is 5.62. The highest BCUT2D eigenvalue weighted by Crippen LogP contribution is 2.24. The number of ketones is 1. The number of hydrogen-bond donors (Lipinski definition) is 1. The van der Waals surface area contributed by atoms with Gasteiger partial charge in [0, 0.05) is 41.6 Å². The first-order valence-corrected chi connectivity index (χ1v) is 10.1. The van der Waals surface area contributed by atoms with Crippen LogP contribution in [0.1, 0.15) is 28.1 Å². The van der Waals surface area contributed by atoms with Crippen LogP contribution in [0.3, 0.4) is 0 Å². The van der Waals surface area contributed by atoms with Crippen LogP contribution in [0.2, 0.25) is 0 Å². The summed E-state index contributed by atoms with van der Waals surface area (Å²) >= 11 is 3.12. The quantitative estimate of drug-likeness (QED) is 0.438. The van der Waals surface area contributed by atoms with Crippen molar-refractivity contribution in [2.45, 2.75) is 23.5 Å². The fraction of sp³-hybridized carbons (Fsp3) is 0.150. The summed E-state index contributed by atoms with van der Waals surface area (Å²) in [5.74, 6) is 0.715. The molecule has 1 N–H and O–H groups in total. The van der Waals surface area contributed by atoms with Crippen molar-refractivity contribution in [2.24, 2.45) is 0 Å². The highest BCUT2D eigenvalue weighted by Gasteiger charge is 2.10. The average Bonchev–Trinajstić information content (AvgIpc) is 3.21. The van der Waals surface area contributed by atoms with Crippen LogP contribution in [0.15, 0.2) is 71.2 Å². The third kappa shape index (κ3) is 5.54. The molecule has 0 saturated carbocycles. The van der Waals surface area contributed by atoms with E-state index in [1.54, 1.807) is 24.0 Å². The molecule has 1 aromatic carbocycles. The van der Waals surface area contributed by atoms with Gasteiger partial charge in [-0.2, -0.15) is 0 Å². The molecule has 0 fully saturated rings. The third-order valence-corrected chi connectivity index (χ3v) is 5.64. The molecule has 0 aliphatic carbocycles. The molecular formula is C20H18N2O2S2. The van der Waals surface area contributed by atoms with E-state index in [0.717, 1.165) is 16.3 Å². The van der Waals surface area contributed by atoms with Crippen LogP contribution in [0, 0.1) is 0 Å². The normalized spacial score (nSPS) is 10.5. The molecule has 3 aromatic rings. The Morgan fingerprint density at radius 1 is 1.04 bits per heavy atom. The number of aromatic nitrogens is 1. The van der Waals surface area contributed by atoms with Gasteiger partial charge in [0.2, 0.25) is 5.91 Å². The number of benzene rings is 1. The van der Waals surface area contributed by atoms with Crippen molar-refractivity contribution in [3.8, 4) is 0 Å². The first kappa shape index (κ1) is 18.4. The predicted octanol–water partition coefficient (Wildman–Crippen LogP) is 5.04. The topological polar surface area (TPSA) is 59.1 Å². The van der Waals surface area contributed by atoms with Gasteiger partial charge >= 0.3 is 0 Å². The van der Waals surface area contributed by atoms with E-state index in [1.807, 2.05) is 54.0 Å². The fourth-order valence-corrected chi connectivity index (χ4v) is 3.82. The average molecular weight is 383 g/mol. The maximum absolute atomic E-state index is 12.0. The zero-order valence-corrected chi connectivity index (χ0v) is 15.7. The molecule has 0 atom stereocenters. The van der Waals surface area contributed by atoms with Crippen LogP contribution >= 0.6 is 23.1 Å². The molecule has 0 spiro atoms. The van der Waals surface area contributed by atoms with Gasteiger partial charge in [-0.3, -0.25) is 14.6 Å². The van der Waals surface area contributed by atoms with Crippen molar-refractivity contribution in [2.75, 3.05) is 5.32 Å². The molecule has 0 aliphatic rings. The summed E-state index contributed by atoms with van der Waals surface area (Å²) in [6.07, 6.45) is 4.04. The van der Waals surface area contributed by atoms with E-state index >= 15 is 0 Å². The number of nitrogens with zero attached hydrogens (tertiary/aromatic N) is 1. The van der Waals surface area contributed by atoms with E-state index in [2.05, 4.69) is 10.3 Å². The Balaban J connectivity index is 1.44. The Kier molecular flexibility index (Phi) is 6.57. The van der Waals surface area contributed by atoms with Gasteiger partial charge in [0.1, 0.15) is 0 Å². The van der Waals surface area contributed by atoms with E-state index < -0.39 is 0 Å². The van der Waals surface area contributed by atoms with Crippen LogP contribution in [0.5, 0.6) is 0 Å². The number of pyridine rings is 1. The summed E-state index contributed by atoms with van der Waals surface area (Å²) in [5, 5.41) is 4.70. The van der Waals surface area contributed by atoms with Crippen molar-refractivity contribution >= 4 is 40.5 Å². The zero-order chi connectivity index (χ0) is 18.2. The second-order valence-corrected chi connectivity index (χ2v) is 7.62. The summed E-state index contributed by atoms with van der Waals surface area (Å²) in [4.78, 5) is 29.9. The van der Waals surface area contributed by atoms with Gasteiger partial charge in [-0.1, -0.05) is 12.1 Å². The number of hydrogen-bond acceptors (Lipinski definition) is 5. The lowest BCUT2D eigenvalue weighted by atomic mass is 10.2. The van der Waals surface area contributed by atoms with Crippen LogP contribution in [0.4, 0.5) is 5.69 Å². The molecule has 2 heterocycles. The maximum atomic E-state index is 12.0. The zero-order valence-electron chi connectivity index (χ0n) is 14.1. The highest BCUT2D eigenvalue weighted by atomic mass is 32.2. The first-order valence-electron chi connectivity index (χ1n) is 8.19. The van der Waals surface area contributed by atoms with Gasteiger partial charge in [-0.15, -0.1) is 23.1 Å². The van der Waals surface area contributed by atoms with Crippen molar-refractivity contribution < 1.29 is 9.59 Å². The van der Waals surface area contributed by atoms with E-state index in [0.29, 0.717) is 4.88 Å². The van der Waals surface area contributed by atoms with E-state index in [9.17, 15) is 9.59 Å². The van der Waals surface area contributed by atoms with Crippen molar-refractivity contribution in [1.82, 2.24) is 4.98 Å². The lowest BCUT2D eigenvalue weighted by molar-refractivity contribution is -0.116. The molecule has 132 valence electrons. The van der Waals surface area contributed by atoms with Crippen molar-refractivity contribution in [1.29, 1.82) is 0 Å². The molecule has 6 heteroatoms. The minimum absolute atomic E-state index is 0.0114. The predicted molar refractivity (Wildman–Crippen MR) is 107 cm³/mol. The second kappa shape index (κ2) is 9.31. The van der Waals surface area contributed by atoms with Crippen LogP contribution in [-0.4, -0.2) is 16.7 Å². The van der Waals surface area contributed by atoms with Gasteiger partial charge in [0.25, 0.3) is 0 Å². The molecule has 4 nitrogen and oxygen atoms in total. The number of carbonyl (C=O) groups excluding carboxylic acids is 2. The lowest BCUT2D eigenvalue weighted by Crippen LogP contribution is -2.13. The molecule has 0 saturated heterocycles. The summed E-state index contributed by atoms with van der Waals surface area (Å²) in [6, 6.07) is 15.3. The van der Waals surface area contributed by atoms with Crippen LogP contribution in [0.25, 0.3) is 0 Å². The molecule has 26 heavy (non-hydrogen) atoms. The van der Waals surface area contributed by atoms with Gasteiger partial charge in [0.15, 0.2) is 5.78 Å². The Morgan fingerprint density at radius 2 is 1.88 bits per heavy atom. The van der Waals surface area contributed by atoms with Gasteiger partial charge in [-0.25, -0.2) is 0 Å². The van der Waals surface area contributed by atoms with Gasteiger partial charge in [0.05, 0.1) is 4.88 Å².